The Kier molecular flexibility index (Phi) is 8.12. The molecule has 1 amide bonds. The highest BCUT2D eigenvalue weighted by Crippen LogP contribution is 2.49. The Morgan fingerprint density at radius 2 is 1.88 bits per heavy atom. The van der Waals surface area contributed by atoms with E-state index in [1.165, 1.54) is 10.5 Å². The molecule has 1 aromatic carbocycles. The minimum atomic E-state index is -0.495. The molecule has 0 bridgehead atoms. The lowest BCUT2D eigenvalue weighted by Gasteiger charge is -2.18. The normalized spacial score (nSPS) is 17.5. The first-order valence-electron chi connectivity index (χ1n) is 12.2. The SMILES string of the molecule is CCN(CC)CCn1cc(CC2=CCCC=C2Cl)sc1=NC(=O)C1(c2ccc(OC)cc2)CC1. The fourth-order valence-corrected chi connectivity index (χ4v) is 5.73. The second kappa shape index (κ2) is 11.1. The maximum atomic E-state index is 13.4. The summed E-state index contributed by atoms with van der Waals surface area (Å²) in [5.41, 5.74) is 1.70. The Balaban J connectivity index is 1.62. The number of thiazole rings is 1. The molecule has 2 aliphatic carbocycles. The number of methoxy groups -OCH3 is 1. The van der Waals surface area contributed by atoms with Crippen molar-refractivity contribution in [2.75, 3.05) is 26.7 Å². The van der Waals surface area contributed by atoms with Crippen LogP contribution < -0.4 is 9.54 Å². The van der Waals surface area contributed by atoms with E-state index in [1.807, 2.05) is 24.3 Å². The van der Waals surface area contributed by atoms with Gasteiger partial charge in [-0.2, -0.15) is 4.99 Å². The third kappa shape index (κ3) is 5.56. The topological polar surface area (TPSA) is 46.8 Å². The molecule has 4 rings (SSSR count). The average molecular weight is 500 g/mol. The standard InChI is InChI=1S/C27H34ClN3O2S/c1-4-30(5-2)16-17-31-19-23(18-20-8-6-7-9-24(20)28)34-26(31)29-25(32)27(14-15-27)21-10-12-22(33-3)13-11-21/h8-13,19H,4-7,14-18H2,1-3H3. The van der Waals surface area contributed by atoms with Gasteiger partial charge in [-0.15, -0.1) is 11.3 Å². The third-order valence-electron chi connectivity index (χ3n) is 6.87. The summed E-state index contributed by atoms with van der Waals surface area (Å²) in [4.78, 5) is 22.5. The maximum absolute atomic E-state index is 13.4. The van der Waals surface area contributed by atoms with Gasteiger partial charge in [0.25, 0.3) is 5.91 Å². The van der Waals surface area contributed by atoms with E-state index >= 15 is 0 Å². The second-order valence-corrected chi connectivity index (χ2v) is 10.5. The molecule has 7 heteroatoms. The van der Waals surface area contributed by atoms with Crippen molar-refractivity contribution < 1.29 is 9.53 Å². The third-order valence-corrected chi connectivity index (χ3v) is 8.29. The van der Waals surface area contributed by atoms with Gasteiger partial charge in [-0.3, -0.25) is 4.79 Å². The molecule has 0 radical (unpaired) electrons. The molecule has 0 saturated heterocycles. The number of amides is 1. The van der Waals surface area contributed by atoms with Crippen molar-refractivity contribution in [3.63, 3.8) is 0 Å². The van der Waals surface area contributed by atoms with Crippen molar-refractivity contribution in [2.45, 2.75) is 57.9 Å². The number of halogens is 1. The first-order valence-corrected chi connectivity index (χ1v) is 13.4. The Bertz CT molecular complexity index is 1140. The fraction of sp³-hybridized carbons (Fsp3) is 0.481. The van der Waals surface area contributed by atoms with Crippen molar-refractivity contribution in [1.29, 1.82) is 0 Å². The van der Waals surface area contributed by atoms with Crippen molar-refractivity contribution in [3.05, 3.63) is 68.5 Å². The smallest absolute Gasteiger partial charge is 0.258 e. The monoisotopic (exact) mass is 499 g/mol. The van der Waals surface area contributed by atoms with Crippen LogP contribution in [-0.2, 0) is 23.2 Å². The van der Waals surface area contributed by atoms with Crippen LogP contribution in [0.4, 0.5) is 0 Å². The summed E-state index contributed by atoms with van der Waals surface area (Å²) in [6, 6.07) is 7.84. The number of allylic oxidation sites excluding steroid dienone is 4. The first-order chi connectivity index (χ1) is 16.5. The molecule has 0 unspecified atom stereocenters. The number of hydrogen-bond acceptors (Lipinski definition) is 4. The van der Waals surface area contributed by atoms with Crippen molar-refractivity contribution in [3.8, 4) is 5.75 Å². The number of carbonyl (C=O) groups excluding carboxylic acids is 1. The van der Waals surface area contributed by atoms with Crippen molar-refractivity contribution in [2.24, 2.45) is 4.99 Å². The van der Waals surface area contributed by atoms with Crippen LogP contribution in [0.2, 0.25) is 0 Å². The highest BCUT2D eigenvalue weighted by Gasteiger charge is 2.51. The molecule has 2 aliphatic rings. The Morgan fingerprint density at radius 3 is 2.50 bits per heavy atom. The minimum absolute atomic E-state index is 0.0440. The van der Waals surface area contributed by atoms with Gasteiger partial charge in [0.15, 0.2) is 4.80 Å². The van der Waals surface area contributed by atoms with E-state index in [2.05, 4.69) is 41.7 Å². The Hall–Kier alpha value is -2.15. The van der Waals surface area contributed by atoms with Crippen LogP contribution in [0.25, 0.3) is 0 Å². The van der Waals surface area contributed by atoms with Crippen molar-refractivity contribution in [1.82, 2.24) is 9.47 Å². The van der Waals surface area contributed by atoms with Gasteiger partial charge >= 0.3 is 0 Å². The van der Waals surface area contributed by atoms with Crippen LogP contribution in [0.5, 0.6) is 5.75 Å². The molecule has 0 spiro atoms. The minimum Gasteiger partial charge on any atom is -0.497 e. The summed E-state index contributed by atoms with van der Waals surface area (Å²) >= 11 is 8.06. The zero-order chi connectivity index (χ0) is 24.1. The van der Waals surface area contributed by atoms with Gasteiger partial charge in [-0.25, -0.2) is 0 Å². The Morgan fingerprint density at radius 1 is 1.18 bits per heavy atom. The summed E-state index contributed by atoms with van der Waals surface area (Å²) in [5, 5.41) is 0.848. The molecule has 1 fully saturated rings. The second-order valence-electron chi connectivity index (χ2n) is 8.96. The number of nitrogens with zero attached hydrogens (tertiary/aromatic N) is 3. The van der Waals surface area contributed by atoms with E-state index in [1.54, 1.807) is 18.4 Å². The van der Waals surface area contributed by atoms with Crippen LogP contribution in [0.15, 0.2) is 58.2 Å². The van der Waals surface area contributed by atoms with E-state index < -0.39 is 5.41 Å². The maximum Gasteiger partial charge on any atom is 0.258 e. The molecule has 2 aromatic rings. The van der Waals surface area contributed by atoms with E-state index in [0.29, 0.717) is 0 Å². The number of likely N-dealkylation sites (N-methyl/N-ethyl adjacent to an activating group) is 1. The summed E-state index contributed by atoms with van der Waals surface area (Å²) in [6.07, 6.45) is 11.0. The first kappa shape index (κ1) is 25.0. The summed E-state index contributed by atoms with van der Waals surface area (Å²) in [6.45, 7) is 8.11. The van der Waals surface area contributed by atoms with Gasteiger partial charge in [0.05, 0.1) is 12.5 Å². The number of hydrogen-bond donors (Lipinski definition) is 0. The molecule has 1 heterocycles. The number of carbonyl (C=O) groups is 1. The average Bonchev–Trinajstić information content (AvgIpc) is 3.59. The summed E-state index contributed by atoms with van der Waals surface area (Å²) in [5.74, 6) is 0.753. The van der Waals surface area contributed by atoms with Gasteiger partial charge < -0.3 is 14.2 Å². The highest BCUT2D eigenvalue weighted by molar-refractivity contribution is 7.09. The zero-order valence-corrected chi connectivity index (χ0v) is 21.9. The van der Waals surface area contributed by atoms with Crippen molar-refractivity contribution >= 4 is 28.8 Å². The van der Waals surface area contributed by atoms with E-state index in [9.17, 15) is 4.79 Å². The lowest BCUT2D eigenvalue weighted by Crippen LogP contribution is -2.30. The van der Waals surface area contributed by atoms with E-state index in [-0.39, 0.29) is 5.91 Å². The number of benzene rings is 1. The number of aromatic nitrogens is 1. The lowest BCUT2D eigenvalue weighted by molar-refractivity contribution is -0.120. The lowest BCUT2D eigenvalue weighted by atomic mass is 9.95. The molecular weight excluding hydrogens is 466 g/mol. The molecule has 34 heavy (non-hydrogen) atoms. The molecule has 1 aromatic heterocycles. The van der Waals surface area contributed by atoms with Gasteiger partial charge in [0, 0.05) is 35.6 Å². The number of ether oxygens (including phenoxy) is 1. The summed E-state index contributed by atoms with van der Waals surface area (Å²) < 4.78 is 7.43. The zero-order valence-electron chi connectivity index (χ0n) is 20.3. The van der Waals surface area contributed by atoms with Gasteiger partial charge in [0.1, 0.15) is 5.75 Å². The predicted molar refractivity (Wildman–Crippen MR) is 140 cm³/mol. The summed E-state index contributed by atoms with van der Waals surface area (Å²) in [7, 11) is 1.65. The molecule has 0 atom stereocenters. The van der Waals surface area contributed by atoms with Gasteiger partial charge in [0.2, 0.25) is 0 Å². The van der Waals surface area contributed by atoms with Gasteiger partial charge in [-0.1, -0.05) is 49.7 Å². The van der Waals surface area contributed by atoms with Crippen LogP contribution in [0.3, 0.4) is 0 Å². The number of rotatable bonds is 10. The predicted octanol–water partition coefficient (Wildman–Crippen LogP) is 5.44. The van der Waals surface area contributed by atoms with E-state index in [4.69, 9.17) is 21.3 Å². The molecule has 1 saturated carbocycles. The Labute approximate surface area is 211 Å². The van der Waals surface area contributed by atoms with E-state index in [0.717, 1.165) is 79.4 Å². The van der Waals surface area contributed by atoms with Crippen LogP contribution in [0.1, 0.15) is 50.0 Å². The molecule has 0 N–H and O–H groups in total. The van der Waals surface area contributed by atoms with Crippen LogP contribution in [-0.4, -0.2) is 42.1 Å². The quantitative estimate of drug-likeness (QED) is 0.437. The molecule has 182 valence electrons. The fourth-order valence-electron chi connectivity index (χ4n) is 4.44. The molecular formula is C27H34ClN3O2S. The molecule has 5 nitrogen and oxygen atoms in total. The molecule has 0 aliphatic heterocycles. The highest BCUT2D eigenvalue weighted by atomic mass is 35.5. The van der Waals surface area contributed by atoms with Crippen LogP contribution in [0, 0.1) is 0 Å². The van der Waals surface area contributed by atoms with Crippen LogP contribution >= 0.6 is 22.9 Å². The van der Waals surface area contributed by atoms with Gasteiger partial charge in [-0.05, 0) is 62.0 Å². The largest absolute Gasteiger partial charge is 0.497 e.